The van der Waals surface area contributed by atoms with Crippen LogP contribution in [-0.2, 0) is 0 Å². The Morgan fingerprint density at radius 1 is 1.14 bits per heavy atom. The van der Waals surface area contributed by atoms with Gasteiger partial charge in [0.15, 0.2) is 0 Å². The molecular weight excluding hydrogens is 402 g/mol. The number of thioether (sulfide) groups is 1. The number of anilines is 3. The summed E-state index contributed by atoms with van der Waals surface area (Å²) in [6.07, 6.45) is 6.00. The molecule has 144 valence electrons. The number of halogens is 1. The van der Waals surface area contributed by atoms with E-state index in [1.165, 1.54) is 4.90 Å². The molecule has 5 rings (SSSR count). The molecule has 0 fully saturated rings. The summed E-state index contributed by atoms with van der Waals surface area (Å²) in [5.74, 6) is 2.36. The predicted molar refractivity (Wildman–Crippen MR) is 123 cm³/mol. The monoisotopic (exact) mass is 419 g/mol. The summed E-state index contributed by atoms with van der Waals surface area (Å²) in [6.45, 7) is 1.53. The number of hydrogen-bond acceptors (Lipinski definition) is 6. The number of nitrogens with one attached hydrogen (secondary N) is 1. The zero-order valence-electron chi connectivity index (χ0n) is 15.8. The highest BCUT2D eigenvalue weighted by molar-refractivity contribution is 7.98. The van der Waals surface area contributed by atoms with Gasteiger partial charge in [0.1, 0.15) is 11.7 Å². The van der Waals surface area contributed by atoms with Gasteiger partial charge in [-0.05, 0) is 36.6 Å². The molecule has 3 heterocycles. The Bertz CT molecular complexity index is 1160. The number of nitrogens with zero attached hydrogens (tertiary/aromatic N) is 4. The molecule has 5 nitrogen and oxygen atoms in total. The molecule has 0 atom stereocenters. The lowest BCUT2D eigenvalue weighted by Crippen LogP contribution is -2.32. The molecule has 0 unspecified atom stereocenters. The minimum Gasteiger partial charge on any atom is -0.324 e. The number of rotatable bonds is 4. The molecule has 29 heavy (non-hydrogen) atoms. The van der Waals surface area contributed by atoms with Gasteiger partial charge < -0.3 is 10.2 Å². The lowest BCUT2D eigenvalue weighted by Gasteiger charge is -2.27. The standard InChI is InChI=1S/C22H18ClN5S/c1-29-16-6-4-5-15(12-16)26-22-25-13-14-11-18(17-7-2-3-8-19(17)23)21-24-9-10-28(21)20(14)27-22/h2-8,11-13H,9-10H2,1H3,(H,25,26,27). The van der Waals surface area contributed by atoms with Crippen molar-refractivity contribution in [3.8, 4) is 0 Å². The van der Waals surface area contributed by atoms with Crippen molar-refractivity contribution in [3.05, 3.63) is 70.9 Å². The minimum atomic E-state index is 0.572. The fourth-order valence-electron chi connectivity index (χ4n) is 3.57. The highest BCUT2D eigenvalue weighted by Crippen LogP contribution is 2.37. The first-order valence-electron chi connectivity index (χ1n) is 9.30. The Kier molecular flexibility index (Phi) is 4.73. The van der Waals surface area contributed by atoms with Crippen molar-refractivity contribution in [2.24, 2.45) is 4.99 Å². The molecule has 0 saturated carbocycles. The van der Waals surface area contributed by atoms with E-state index in [0.717, 1.165) is 47.1 Å². The van der Waals surface area contributed by atoms with Crippen LogP contribution in [-0.4, -0.2) is 35.1 Å². The van der Waals surface area contributed by atoms with E-state index in [4.69, 9.17) is 21.6 Å². The van der Waals surface area contributed by atoms with Gasteiger partial charge in [0, 0.05) is 45.0 Å². The number of hydrogen-bond donors (Lipinski definition) is 1. The van der Waals surface area contributed by atoms with Crippen LogP contribution in [0.15, 0.2) is 64.6 Å². The van der Waals surface area contributed by atoms with Crippen LogP contribution >= 0.6 is 23.4 Å². The molecule has 0 radical (unpaired) electrons. The maximum atomic E-state index is 6.46. The summed E-state index contributed by atoms with van der Waals surface area (Å²) in [7, 11) is 0. The van der Waals surface area contributed by atoms with Gasteiger partial charge in [-0.3, -0.25) is 4.99 Å². The zero-order chi connectivity index (χ0) is 19.8. The molecule has 3 aromatic rings. The van der Waals surface area contributed by atoms with Crippen LogP contribution in [0.3, 0.4) is 0 Å². The van der Waals surface area contributed by atoms with E-state index < -0.39 is 0 Å². The third kappa shape index (κ3) is 3.39. The van der Waals surface area contributed by atoms with Crippen LogP contribution in [0.25, 0.3) is 11.6 Å². The Hall–Kier alpha value is -2.83. The number of fused-ring (bicyclic) bond motifs is 3. The van der Waals surface area contributed by atoms with Crippen molar-refractivity contribution in [3.63, 3.8) is 0 Å². The SMILES string of the molecule is CSc1cccc(Nc2ncc3c(n2)N2CCN=C2C(c2ccccc2Cl)=C3)c1. The van der Waals surface area contributed by atoms with Gasteiger partial charge in [0.2, 0.25) is 5.95 Å². The molecular formula is C22H18ClN5S. The van der Waals surface area contributed by atoms with Crippen LogP contribution in [0.1, 0.15) is 11.1 Å². The fourth-order valence-corrected chi connectivity index (χ4v) is 4.27. The maximum Gasteiger partial charge on any atom is 0.229 e. The van der Waals surface area contributed by atoms with E-state index in [1.54, 1.807) is 11.8 Å². The molecule has 2 aromatic carbocycles. The minimum absolute atomic E-state index is 0.572. The second-order valence-corrected chi connectivity index (χ2v) is 8.01. The van der Waals surface area contributed by atoms with Crippen molar-refractivity contribution in [1.29, 1.82) is 0 Å². The zero-order valence-corrected chi connectivity index (χ0v) is 17.3. The van der Waals surface area contributed by atoms with Gasteiger partial charge in [-0.25, -0.2) is 4.98 Å². The largest absolute Gasteiger partial charge is 0.324 e. The van der Waals surface area contributed by atoms with Crippen LogP contribution in [0.2, 0.25) is 5.02 Å². The summed E-state index contributed by atoms with van der Waals surface area (Å²) in [6, 6.07) is 16.1. The van der Waals surface area contributed by atoms with Crippen molar-refractivity contribution in [2.45, 2.75) is 4.90 Å². The van der Waals surface area contributed by atoms with E-state index in [1.807, 2.05) is 42.6 Å². The number of amidine groups is 1. The Balaban J connectivity index is 1.54. The van der Waals surface area contributed by atoms with Crippen LogP contribution < -0.4 is 10.2 Å². The van der Waals surface area contributed by atoms with Crippen LogP contribution in [0, 0.1) is 0 Å². The third-order valence-electron chi connectivity index (χ3n) is 4.92. The summed E-state index contributed by atoms with van der Waals surface area (Å²) in [5.41, 5.74) is 3.92. The van der Waals surface area contributed by atoms with Crippen molar-refractivity contribution >= 4 is 58.3 Å². The smallest absolute Gasteiger partial charge is 0.229 e. The van der Waals surface area contributed by atoms with Gasteiger partial charge in [-0.1, -0.05) is 35.9 Å². The average molecular weight is 420 g/mol. The Morgan fingerprint density at radius 3 is 2.90 bits per heavy atom. The highest BCUT2D eigenvalue weighted by atomic mass is 35.5. The molecule has 0 aliphatic carbocycles. The highest BCUT2D eigenvalue weighted by Gasteiger charge is 2.31. The van der Waals surface area contributed by atoms with Crippen molar-refractivity contribution in [1.82, 2.24) is 9.97 Å². The first-order chi connectivity index (χ1) is 14.2. The quantitative estimate of drug-likeness (QED) is 0.576. The molecule has 2 aliphatic rings. The first kappa shape index (κ1) is 18.2. The van der Waals surface area contributed by atoms with Gasteiger partial charge in [-0.2, -0.15) is 4.98 Å². The van der Waals surface area contributed by atoms with Crippen molar-refractivity contribution < 1.29 is 0 Å². The molecule has 0 saturated heterocycles. The van der Waals surface area contributed by atoms with Gasteiger partial charge >= 0.3 is 0 Å². The molecule has 7 heteroatoms. The summed E-state index contributed by atoms with van der Waals surface area (Å²) in [4.78, 5) is 17.4. The first-order valence-corrected chi connectivity index (χ1v) is 10.9. The van der Waals surface area contributed by atoms with E-state index in [9.17, 15) is 0 Å². The van der Waals surface area contributed by atoms with Gasteiger partial charge in [0.05, 0.1) is 6.54 Å². The molecule has 1 aromatic heterocycles. The summed E-state index contributed by atoms with van der Waals surface area (Å²) in [5, 5.41) is 4.03. The lowest BCUT2D eigenvalue weighted by molar-refractivity contribution is 0.987. The summed E-state index contributed by atoms with van der Waals surface area (Å²) >= 11 is 8.16. The van der Waals surface area contributed by atoms with Gasteiger partial charge in [0.25, 0.3) is 0 Å². The fraction of sp³-hybridized carbons (Fsp3) is 0.136. The normalized spacial score (nSPS) is 14.8. The van der Waals surface area contributed by atoms with E-state index in [2.05, 4.69) is 39.7 Å². The van der Waals surface area contributed by atoms with Crippen LogP contribution in [0.4, 0.5) is 17.5 Å². The topological polar surface area (TPSA) is 53.4 Å². The number of aromatic nitrogens is 2. The van der Waals surface area contributed by atoms with Crippen molar-refractivity contribution in [2.75, 3.05) is 29.6 Å². The van der Waals surface area contributed by atoms with E-state index in [0.29, 0.717) is 11.0 Å². The number of aliphatic imine (C=N–C) groups is 1. The van der Waals surface area contributed by atoms with E-state index >= 15 is 0 Å². The molecule has 0 spiro atoms. The molecule has 2 aliphatic heterocycles. The molecule has 0 amide bonds. The molecule has 1 N–H and O–H groups in total. The second-order valence-electron chi connectivity index (χ2n) is 6.72. The Labute approximate surface area is 178 Å². The maximum absolute atomic E-state index is 6.46. The predicted octanol–water partition coefficient (Wildman–Crippen LogP) is 5.37. The third-order valence-corrected chi connectivity index (χ3v) is 5.98. The van der Waals surface area contributed by atoms with Crippen LogP contribution in [0.5, 0.6) is 0 Å². The van der Waals surface area contributed by atoms with Gasteiger partial charge in [-0.15, -0.1) is 11.8 Å². The molecule has 0 bridgehead atoms. The lowest BCUT2D eigenvalue weighted by atomic mass is 9.98. The summed E-state index contributed by atoms with van der Waals surface area (Å²) < 4.78 is 0. The second kappa shape index (κ2) is 7.54. The average Bonchev–Trinajstić information content (AvgIpc) is 3.24. The van der Waals surface area contributed by atoms with E-state index in [-0.39, 0.29) is 0 Å². The Morgan fingerprint density at radius 2 is 2.03 bits per heavy atom. The number of benzene rings is 2.